The molecule has 0 amide bonds. The summed E-state index contributed by atoms with van der Waals surface area (Å²) in [6, 6.07) is 5.92. The number of nitrogens with one attached hydrogen (secondary N) is 1. The zero-order chi connectivity index (χ0) is 14.2. The van der Waals surface area contributed by atoms with E-state index in [0.717, 1.165) is 5.82 Å². The molecule has 1 aromatic carbocycles. The van der Waals surface area contributed by atoms with Gasteiger partial charge in [0.25, 0.3) is 0 Å². The highest BCUT2D eigenvalue weighted by atomic mass is 35.5. The monoisotopic (exact) mass is 296 g/mol. The van der Waals surface area contributed by atoms with Crippen LogP contribution < -0.4 is 0 Å². The minimum absolute atomic E-state index is 0.177. The van der Waals surface area contributed by atoms with Crippen LogP contribution in [0.1, 0.15) is 26.6 Å². The number of aromatic nitrogens is 2. The van der Waals surface area contributed by atoms with Gasteiger partial charge in [0.1, 0.15) is 16.3 Å². The van der Waals surface area contributed by atoms with Crippen molar-refractivity contribution in [1.82, 2.24) is 9.97 Å². The largest absolute Gasteiger partial charge is 0.343 e. The molecule has 0 radical (unpaired) electrons. The molecule has 0 atom stereocenters. The van der Waals surface area contributed by atoms with Crippen LogP contribution in [-0.4, -0.2) is 9.97 Å². The van der Waals surface area contributed by atoms with E-state index in [1.807, 2.05) is 20.8 Å². The molecule has 0 fully saturated rings. The van der Waals surface area contributed by atoms with Gasteiger partial charge >= 0.3 is 0 Å². The number of halogens is 2. The Morgan fingerprint density at radius 3 is 2.58 bits per heavy atom. The SMILES string of the molecule is CC(C)(C)c1nc(=S)cc(-c2cc(F)ccc2Cl)[nH]1. The normalized spacial score (nSPS) is 11.6. The van der Waals surface area contributed by atoms with Crippen LogP contribution in [0.25, 0.3) is 11.3 Å². The van der Waals surface area contributed by atoms with Crippen LogP contribution in [0.4, 0.5) is 4.39 Å². The lowest BCUT2D eigenvalue weighted by molar-refractivity contribution is 0.545. The lowest BCUT2D eigenvalue weighted by atomic mass is 9.95. The Balaban J connectivity index is 2.66. The zero-order valence-electron chi connectivity index (χ0n) is 10.9. The first kappa shape index (κ1) is 14.2. The summed E-state index contributed by atoms with van der Waals surface area (Å²) < 4.78 is 13.8. The molecule has 1 aromatic heterocycles. The summed E-state index contributed by atoms with van der Waals surface area (Å²) in [4.78, 5) is 7.49. The van der Waals surface area contributed by atoms with Gasteiger partial charge in [0.15, 0.2) is 0 Å². The maximum atomic E-state index is 13.4. The van der Waals surface area contributed by atoms with Gasteiger partial charge in [-0.3, -0.25) is 0 Å². The third kappa shape index (κ3) is 3.19. The van der Waals surface area contributed by atoms with Gasteiger partial charge in [-0.1, -0.05) is 44.6 Å². The van der Waals surface area contributed by atoms with E-state index in [9.17, 15) is 4.39 Å². The van der Waals surface area contributed by atoms with Crippen molar-refractivity contribution in [2.75, 3.05) is 0 Å². The number of hydrogen-bond acceptors (Lipinski definition) is 2. The average Bonchev–Trinajstić information content (AvgIpc) is 2.30. The molecule has 2 rings (SSSR count). The Labute approximate surface area is 121 Å². The molecular formula is C14H14ClFN2S. The first-order chi connectivity index (χ1) is 8.77. The maximum Gasteiger partial charge on any atom is 0.130 e. The minimum Gasteiger partial charge on any atom is -0.343 e. The Morgan fingerprint density at radius 2 is 1.95 bits per heavy atom. The summed E-state index contributed by atoms with van der Waals surface area (Å²) in [5.41, 5.74) is 1.08. The van der Waals surface area contributed by atoms with Crippen molar-refractivity contribution < 1.29 is 4.39 Å². The lowest BCUT2D eigenvalue weighted by Crippen LogP contribution is -2.16. The molecule has 100 valence electrons. The molecule has 0 aliphatic rings. The van der Waals surface area contributed by atoms with Gasteiger partial charge in [-0.05, 0) is 24.3 Å². The van der Waals surface area contributed by atoms with E-state index < -0.39 is 0 Å². The molecule has 19 heavy (non-hydrogen) atoms. The van der Waals surface area contributed by atoms with E-state index in [4.69, 9.17) is 23.8 Å². The van der Waals surface area contributed by atoms with Crippen molar-refractivity contribution in [2.45, 2.75) is 26.2 Å². The molecule has 0 aliphatic heterocycles. The van der Waals surface area contributed by atoms with E-state index in [-0.39, 0.29) is 11.2 Å². The fraction of sp³-hybridized carbons (Fsp3) is 0.286. The smallest absolute Gasteiger partial charge is 0.130 e. The van der Waals surface area contributed by atoms with Crippen molar-refractivity contribution in [2.24, 2.45) is 0 Å². The molecule has 2 aromatic rings. The first-order valence-electron chi connectivity index (χ1n) is 5.84. The van der Waals surface area contributed by atoms with Crippen molar-refractivity contribution in [3.8, 4) is 11.3 Å². The molecule has 5 heteroatoms. The third-order valence-corrected chi connectivity index (χ3v) is 3.21. The maximum absolute atomic E-state index is 13.4. The number of benzene rings is 1. The number of H-pyrrole nitrogens is 1. The summed E-state index contributed by atoms with van der Waals surface area (Å²) in [6.45, 7) is 6.08. The van der Waals surface area contributed by atoms with E-state index in [2.05, 4.69) is 9.97 Å². The first-order valence-corrected chi connectivity index (χ1v) is 6.63. The van der Waals surface area contributed by atoms with Crippen molar-refractivity contribution in [3.63, 3.8) is 0 Å². The van der Waals surface area contributed by atoms with Crippen LogP contribution in [0.5, 0.6) is 0 Å². The topological polar surface area (TPSA) is 28.7 Å². The standard InChI is InChI=1S/C14H14ClFN2S/c1-14(2,3)13-17-11(7-12(19)18-13)9-6-8(16)4-5-10(9)15/h4-7H,1-3H3,(H,17,18,19). The van der Waals surface area contributed by atoms with Gasteiger partial charge < -0.3 is 4.98 Å². The quantitative estimate of drug-likeness (QED) is 0.759. The van der Waals surface area contributed by atoms with Crippen LogP contribution in [0.3, 0.4) is 0 Å². The van der Waals surface area contributed by atoms with E-state index in [1.54, 1.807) is 6.07 Å². The van der Waals surface area contributed by atoms with Gasteiger partial charge in [0.2, 0.25) is 0 Å². The molecule has 0 aliphatic carbocycles. The highest BCUT2D eigenvalue weighted by Gasteiger charge is 2.18. The van der Waals surface area contributed by atoms with E-state index in [0.29, 0.717) is 20.9 Å². The van der Waals surface area contributed by atoms with Crippen molar-refractivity contribution in [3.05, 3.63) is 45.6 Å². The van der Waals surface area contributed by atoms with Crippen LogP contribution >= 0.6 is 23.8 Å². The van der Waals surface area contributed by atoms with Gasteiger partial charge in [0.05, 0.1) is 10.7 Å². The molecular weight excluding hydrogens is 283 g/mol. The van der Waals surface area contributed by atoms with Crippen molar-refractivity contribution in [1.29, 1.82) is 0 Å². The zero-order valence-corrected chi connectivity index (χ0v) is 12.5. The third-order valence-electron chi connectivity index (χ3n) is 2.67. The van der Waals surface area contributed by atoms with Crippen LogP contribution in [0, 0.1) is 10.5 Å². The number of aromatic amines is 1. The molecule has 2 nitrogen and oxygen atoms in total. The summed E-state index contributed by atoms with van der Waals surface area (Å²) in [6.07, 6.45) is 0. The second-order valence-electron chi connectivity index (χ2n) is 5.36. The van der Waals surface area contributed by atoms with E-state index >= 15 is 0 Å². The number of nitrogens with zero attached hydrogens (tertiary/aromatic N) is 1. The highest BCUT2D eigenvalue weighted by Crippen LogP contribution is 2.29. The fourth-order valence-electron chi connectivity index (χ4n) is 1.66. The molecule has 0 saturated carbocycles. The Bertz CT molecular complexity index is 674. The molecule has 0 spiro atoms. The van der Waals surface area contributed by atoms with Gasteiger partial charge in [-0.25, -0.2) is 9.37 Å². The Morgan fingerprint density at radius 1 is 1.26 bits per heavy atom. The Kier molecular flexibility index (Phi) is 3.74. The molecule has 1 heterocycles. The molecule has 0 unspecified atom stereocenters. The van der Waals surface area contributed by atoms with Crippen LogP contribution in [0.2, 0.25) is 5.02 Å². The second kappa shape index (κ2) is 5.02. The fourth-order valence-corrected chi connectivity index (χ4v) is 2.09. The van der Waals surface area contributed by atoms with Crippen LogP contribution in [0.15, 0.2) is 24.3 Å². The molecule has 1 N–H and O–H groups in total. The summed E-state index contributed by atoms with van der Waals surface area (Å²) in [7, 11) is 0. The molecule has 0 saturated heterocycles. The minimum atomic E-state index is -0.340. The van der Waals surface area contributed by atoms with E-state index in [1.165, 1.54) is 18.2 Å². The summed E-state index contributed by atoms with van der Waals surface area (Å²) in [5, 5.41) is 0.470. The predicted octanol–water partition coefficient (Wildman–Crippen LogP) is 4.90. The highest BCUT2D eigenvalue weighted by molar-refractivity contribution is 7.71. The summed E-state index contributed by atoms with van der Waals surface area (Å²) >= 11 is 11.3. The average molecular weight is 297 g/mol. The second-order valence-corrected chi connectivity index (χ2v) is 6.18. The predicted molar refractivity (Wildman–Crippen MR) is 78.5 cm³/mol. The van der Waals surface area contributed by atoms with Gasteiger partial charge in [-0.15, -0.1) is 0 Å². The Hall–Kier alpha value is -1.26. The van der Waals surface area contributed by atoms with Crippen LogP contribution in [-0.2, 0) is 5.41 Å². The lowest BCUT2D eigenvalue weighted by Gasteiger charge is -2.18. The van der Waals surface area contributed by atoms with Gasteiger partial charge in [-0.2, -0.15) is 0 Å². The molecule has 0 bridgehead atoms. The van der Waals surface area contributed by atoms with Crippen molar-refractivity contribution >= 4 is 23.8 Å². The summed E-state index contributed by atoms with van der Waals surface area (Å²) in [5.74, 6) is 0.406. The van der Waals surface area contributed by atoms with Gasteiger partial charge in [0, 0.05) is 11.0 Å². The number of rotatable bonds is 1. The number of hydrogen-bond donors (Lipinski definition) is 1.